The molecular formula is C22H41NO15. The van der Waals surface area contributed by atoms with Crippen LogP contribution in [0.3, 0.4) is 0 Å². The third-order valence-electron chi connectivity index (χ3n) is 7.23. The first-order valence-electron chi connectivity index (χ1n) is 12.6. The van der Waals surface area contributed by atoms with Crippen molar-refractivity contribution in [3.05, 3.63) is 0 Å². The van der Waals surface area contributed by atoms with Crippen LogP contribution in [0.4, 0.5) is 0 Å². The highest BCUT2D eigenvalue weighted by molar-refractivity contribution is 4.98. The summed E-state index contributed by atoms with van der Waals surface area (Å²) < 4.78 is 27.7. The van der Waals surface area contributed by atoms with E-state index in [-0.39, 0.29) is 13.0 Å². The van der Waals surface area contributed by atoms with E-state index in [0.29, 0.717) is 13.0 Å². The fourth-order valence-electron chi connectivity index (χ4n) is 4.93. The quantitative estimate of drug-likeness (QED) is 0.105. The Hall–Kier alpha value is -0.640. The Morgan fingerprint density at radius 1 is 0.632 bits per heavy atom. The maximum Gasteiger partial charge on any atom is 0.187 e. The van der Waals surface area contributed by atoms with Crippen molar-refractivity contribution >= 4 is 0 Å². The first kappa shape index (κ1) is 31.9. The highest BCUT2D eigenvalue weighted by Gasteiger charge is 2.53. The SMILES string of the molecule is NCCCO[C@@H]1O[C@@H](CO)[C@@H](O[C@@H]2OC(CO)[C@H](O[C@H]3CC(CO)[C@H](O)[C@H](O)C3O)[C@H](O)C2O)C(O)C1O. The Morgan fingerprint density at radius 3 is 1.74 bits per heavy atom. The summed E-state index contributed by atoms with van der Waals surface area (Å²) in [7, 11) is 0. The topological polar surface area (TPSA) is 274 Å². The highest BCUT2D eigenvalue weighted by Crippen LogP contribution is 2.34. The number of rotatable bonds is 11. The van der Waals surface area contributed by atoms with Crippen LogP contribution in [0.1, 0.15) is 12.8 Å². The molecule has 1 saturated carbocycles. The molecule has 2 aliphatic heterocycles. The van der Waals surface area contributed by atoms with Gasteiger partial charge in [0.1, 0.15) is 61.0 Å². The first-order valence-corrected chi connectivity index (χ1v) is 12.6. The summed E-state index contributed by atoms with van der Waals surface area (Å²) >= 11 is 0. The minimum atomic E-state index is -1.84. The second-order valence-electron chi connectivity index (χ2n) is 9.82. The normalized spacial score (nSPS) is 48.2. The van der Waals surface area contributed by atoms with E-state index in [1.165, 1.54) is 0 Å². The number of aliphatic hydroxyl groups is 10. The molecule has 3 rings (SSSR count). The highest BCUT2D eigenvalue weighted by atomic mass is 16.7. The molecule has 38 heavy (non-hydrogen) atoms. The van der Waals surface area contributed by atoms with Gasteiger partial charge in [-0.25, -0.2) is 0 Å². The summed E-state index contributed by atoms with van der Waals surface area (Å²) in [4.78, 5) is 0. The molecular weight excluding hydrogens is 518 g/mol. The first-order chi connectivity index (χ1) is 18.1. The van der Waals surface area contributed by atoms with E-state index < -0.39 is 112 Å². The molecule has 224 valence electrons. The number of aliphatic hydroxyl groups excluding tert-OH is 10. The van der Waals surface area contributed by atoms with Crippen molar-refractivity contribution in [2.75, 3.05) is 33.0 Å². The number of nitrogens with two attached hydrogens (primary N) is 1. The Morgan fingerprint density at radius 2 is 1.18 bits per heavy atom. The van der Waals surface area contributed by atoms with Gasteiger partial charge in [-0.15, -0.1) is 0 Å². The maximum atomic E-state index is 10.8. The molecule has 2 saturated heterocycles. The fourth-order valence-corrected chi connectivity index (χ4v) is 4.93. The van der Waals surface area contributed by atoms with Crippen LogP contribution in [0.5, 0.6) is 0 Å². The van der Waals surface area contributed by atoms with Gasteiger partial charge in [0.2, 0.25) is 0 Å². The van der Waals surface area contributed by atoms with Gasteiger partial charge >= 0.3 is 0 Å². The summed E-state index contributed by atoms with van der Waals surface area (Å²) in [5.41, 5.74) is 5.40. The average Bonchev–Trinajstić information content (AvgIpc) is 2.91. The Bertz CT molecular complexity index is 702. The van der Waals surface area contributed by atoms with E-state index in [2.05, 4.69) is 0 Å². The molecule has 15 atom stereocenters. The van der Waals surface area contributed by atoms with E-state index in [0.717, 1.165) is 0 Å². The Balaban J connectivity index is 1.68. The molecule has 2 heterocycles. The lowest BCUT2D eigenvalue weighted by Gasteiger charge is -2.48. The van der Waals surface area contributed by atoms with Gasteiger partial charge in [-0.2, -0.15) is 0 Å². The smallest absolute Gasteiger partial charge is 0.187 e. The lowest BCUT2D eigenvalue weighted by molar-refractivity contribution is -0.365. The summed E-state index contributed by atoms with van der Waals surface area (Å²) in [6.45, 7) is -1.50. The molecule has 3 aliphatic rings. The van der Waals surface area contributed by atoms with E-state index in [9.17, 15) is 51.1 Å². The average molecular weight is 560 g/mol. The second-order valence-corrected chi connectivity index (χ2v) is 9.82. The van der Waals surface area contributed by atoms with Crippen molar-refractivity contribution < 1.29 is 74.7 Å². The molecule has 6 unspecified atom stereocenters. The third-order valence-corrected chi connectivity index (χ3v) is 7.23. The molecule has 3 fully saturated rings. The molecule has 0 aromatic rings. The predicted molar refractivity (Wildman–Crippen MR) is 122 cm³/mol. The fraction of sp³-hybridized carbons (Fsp3) is 1.00. The van der Waals surface area contributed by atoms with Crippen molar-refractivity contribution in [2.45, 2.75) is 98.7 Å². The molecule has 0 spiro atoms. The molecule has 16 nitrogen and oxygen atoms in total. The van der Waals surface area contributed by atoms with Crippen LogP contribution in [-0.2, 0) is 23.7 Å². The van der Waals surface area contributed by atoms with Crippen LogP contribution >= 0.6 is 0 Å². The summed E-state index contributed by atoms with van der Waals surface area (Å²) in [5.74, 6) is -0.841. The molecule has 1 aliphatic carbocycles. The molecule has 12 N–H and O–H groups in total. The Labute approximate surface area is 218 Å². The van der Waals surface area contributed by atoms with Gasteiger partial charge < -0.3 is 80.5 Å². The van der Waals surface area contributed by atoms with Crippen molar-refractivity contribution in [2.24, 2.45) is 11.7 Å². The van der Waals surface area contributed by atoms with Crippen molar-refractivity contribution in [1.82, 2.24) is 0 Å². The van der Waals surface area contributed by atoms with Crippen LogP contribution in [0, 0.1) is 5.92 Å². The number of hydrogen-bond donors (Lipinski definition) is 11. The van der Waals surface area contributed by atoms with Gasteiger partial charge in [-0.05, 0) is 19.4 Å². The minimum Gasteiger partial charge on any atom is -0.396 e. The zero-order valence-electron chi connectivity index (χ0n) is 20.7. The number of hydrogen-bond acceptors (Lipinski definition) is 16. The molecule has 0 aromatic carbocycles. The van der Waals surface area contributed by atoms with Crippen LogP contribution in [0.15, 0.2) is 0 Å². The van der Waals surface area contributed by atoms with Gasteiger partial charge in [-0.1, -0.05) is 0 Å². The van der Waals surface area contributed by atoms with E-state index in [1.807, 2.05) is 0 Å². The van der Waals surface area contributed by atoms with Gasteiger partial charge in [0.05, 0.1) is 32.0 Å². The molecule has 0 amide bonds. The molecule has 0 radical (unpaired) electrons. The van der Waals surface area contributed by atoms with E-state index >= 15 is 0 Å². The largest absolute Gasteiger partial charge is 0.396 e. The summed E-state index contributed by atoms with van der Waals surface area (Å²) in [6, 6.07) is 0. The molecule has 16 heteroatoms. The van der Waals surface area contributed by atoms with Crippen LogP contribution < -0.4 is 5.73 Å². The molecule has 0 bridgehead atoms. The van der Waals surface area contributed by atoms with E-state index in [1.54, 1.807) is 0 Å². The van der Waals surface area contributed by atoms with Crippen LogP contribution in [0.2, 0.25) is 0 Å². The zero-order chi connectivity index (χ0) is 28.1. The van der Waals surface area contributed by atoms with E-state index in [4.69, 9.17) is 29.4 Å². The van der Waals surface area contributed by atoms with Crippen molar-refractivity contribution in [3.63, 3.8) is 0 Å². The standard InChI is InChI=1S/C22H41NO15/c23-2-1-3-34-21-17(32)15(30)20(11(7-26)36-21)38-22-18(33)16(31)19(10(6-25)37-22)35-9-4-8(5-24)12(27)14(29)13(9)28/h8-22,24-33H,1-7,23H2/t8?,9-,10?,11-,12-,13?,14-,15?,16+,17?,18?,19-,20+,21+,22-/m0/s1. The summed E-state index contributed by atoms with van der Waals surface area (Å²) in [5, 5.41) is 102. The van der Waals surface area contributed by atoms with Gasteiger partial charge in [0, 0.05) is 12.5 Å². The Kier molecular flexibility index (Phi) is 12.0. The van der Waals surface area contributed by atoms with Gasteiger partial charge in [-0.3, -0.25) is 0 Å². The van der Waals surface area contributed by atoms with Crippen molar-refractivity contribution in [1.29, 1.82) is 0 Å². The monoisotopic (exact) mass is 559 g/mol. The molecule has 0 aromatic heterocycles. The second kappa shape index (κ2) is 14.3. The predicted octanol–water partition coefficient (Wildman–Crippen LogP) is -6.54. The van der Waals surface area contributed by atoms with Gasteiger partial charge in [0.15, 0.2) is 12.6 Å². The van der Waals surface area contributed by atoms with Gasteiger partial charge in [0.25, 0.3) is 0 Å². The lowest BCUT2D eigenvalue weighted by Crippen LogP contribution is -2.66. The van der Waals surface area contributed by atoms with Crippen LogP contribution in [0.25, 0.3) is 0 Å². The lowest BCUT2D eigenvalue weighted by atomic mass is 9.81. The summed E-state index contributed by atoms with van der Waals surface area (Å²) in [6.07, 6.45) is -20.9. The maximum absolute atomic E-state index is 10.8. The van der Waals surface area contributed by atoms with Crippen molar-refractivity contribution in [3.8, 4) is 0 Å². The zero-order valence-corrected chi connectivity index (χ0v) is 20.7. The third kappa shape index (κ3) is 6.80. The minimum absolute atomic E-state index is 0.108. The number of ether oxygens (including phenoxy) is 5. The van der Waals surface area contributed by atoms with Crippen LogP contribution in [-0.4, -0.2) is 170 Å².